The summed E-state index contributed by atoms with van der Waals surface area (Å²) in [5, 5.41) is 4.27. The Morgan fingerprint density at radius 1 is 1.24 bits per heavy atom. The van der Waals surface area contributed by atoms with Crippen LogP contribution in [0, 0.1) is 6.92 Å². The van der Waals surface area contributed by atoms with E-state index in [0.29, 0.717) is 0 Å². The third-order valence-corrected chi connectivity index (χ3v) is 3.08. The Morgan fingerprint density at radius 2 is 2.06 bits per heavy atom. The molecule has 96 valence electrons. The Bertz CT molecular complexity index is 328. The van der Waals surface area contributed by atoms with Crippen LogP contribution in [0.2, 0.25) is 5.02 Å². The zero-order valence-electron chi connectivity index (χ0n) is 10.8. The van der Waals surface area contributed by atoms with Gasteiger partial charge in [0.2, 0.25) is 0 Å². The summed E-state index contributed by atoms with van der Waals surface area (Å²) in [6.07, 6.45) is 3.54. The molecule has 0 heterocycles. The minimum absolute atomic E-state index is 0.851. The number of aryl methyl sites for hydroxylation is 1. The molecule has 0 aromatic heterocycles. The maximum absolute atomic E-state index is 6.15. The average molecular weight is 256 g/mol. The smallest absolute Gasteiger partial charge is 0.0462 e. The molecule has 2 nitrogen and oxygen atoms in total. The van der Waals surface area contributed by atoms with E-state index in [-0.39, 0.29) is 0 Å². The number of hydrogen-bond donors (Lipinski definition) is 1. The highest BCUT2D eigenvalue weighted by Gasteiger charge is 1.99. The van der Waals surface area contributed by atoms with E-state index in [2.05, 4.69) is 24.4 Å². The highest BCUT2D eigenvalue weighted by molar-refractivity contribution is 6.31. The Balaban J connectivity index is 2.14. The van der Waals surface area contributed by atoms with Crippen LogP contribution in [0.15, 0.2) is 18.2 Å². The van der Waals surface area contributed by atoms with Gasteiger partial charge in [-0.1, -0.05) is 23.7 Å². The molecule has 17 heavy (non-hydrogen) atoms. The summed E-state index contributed by atoms with van der Waals surface area (Å²) in [5.74, 6) is 0. The molecule has 0 amide bonds. The summed E-state index contributed by atoms with van der Waals surface area (Å²) in [4.78, 5) is 0. The molecule has 0 radical (unpaired) electrons. The normalized spacial score (nSPS) is 10.8. The predicted molar refractivity (Wildman–Crippen MR) is 73.6 cm³/mol. The van der Waals surface area contributed by atoms with Crippen molar-refractivity contribution in [3.63, 3.8) is 0 Å². The topological polar surface area (TPSA) is 21.3 Å². The van der Waals surface area contributed by atoms with Crippen molar-refractivity contribution in [2.24, 2.45) is 0 Å². The first-order chi connectivity index (χ1) is 8.24. The van der Waals surface area contributed by atoms with E-state index in [1.165, 1.54) is 24.0 Å². The molecule has 0 spiro atoms. The molecule has 0 saturated heterocycles. The lowest BCUT2D eigenvalue weighted by molar-refractivity contribution is 0.192. The third-order valence-electron chi connectivity index (χ3n) is 2.73. The molecule has 0 bridgehead atoms. The SMILES string of the molecule is COCCCCCNCc1ccc(C)cc1Cl. The Morgan fingerprint density at radius 3 is 2.76 bits per heavy atom. The van der Waals surface area contributed by atoms with Gasteiger partial charge in [-0.3, -0.25) is 0 Å². The van der Waals surface area contributed by atoms with Crippen LogP contribution in [-0.2, 0) is 11.3 Å². The molecule has 3 heteroatoms. The number of ether oxygens (including phenoxy) is 1. The quantitative estimate of drug-likeness (QED) is 0.718. The van der Waals surface area contributed by atoms with E-state index in [4.69, 9.17) is 16.3 Å². The Labute approximate surface area is 109 Å². The van der Waals surface area contributed by atoms with Crippen LogP contribution in [0.1, 0.15) is 30.4 Å². The van der Waals surface area contributed by atoms with Gasteiger partial charge in [-0.15, -0.1) is 0 Å². The van der Waals surface area contributed by atoms with Crippen LogP contribution in [0.5, 0.6) is 0 Å². The van der Waals surface area contributed by atoms with Crippen LogP contribution in [-0.4, -0.2) is 20.3 Å². The lowest BCUT2D eigenvalue weighted by Crippen LogP contribution is -2.15. The monoisotopic (exact) mass is 255 g/mol. The van der Waals surface area contributed by atoms with Gasteiger partial charge < -0.3 is 10.1 Å². The maximum atomic E-state index is 6.15. The molecule has 0 aliphatic carbocycles. The number of unbranched alkanes of at least 4 members (excludes halogenated alkanes) is 2. The van der Waals surface area contributed by atoms with E-state index in [9.17, 15) is 0 Å². The van der Waals surface area contributed by atoms with E-state index < -0.39 is 0 Å². The fraction of sp³-hybridized carbons (Fsp3) is 0.571. The van der Waals surface area contributed by atoms with E-state index in [0.717, 1.165) is 31.1 Å². The molecule has 0 atom stereocenters. The molecule has 0 aliphatic rings. The minimum Gasteiger partial charge on any atom is -0.385 e. The third kappa shape index (κ3) is 6.06. The zero-order chi connectivity index (χ0) is 12.5. The zero-order valence-corrected chi connectivity index (χ0v) is 11.5. The van der Waals surface area contributed by atoms with Crippen molar-refractivity contribution in [1.29, 1.82) is 0 Å². The van der Waals surface area contributed by atoms with Gasteiger partial charge >= 0.3 is 0 Å². The van der Waals surface area contributed by atoms with Gasteiger partial charge in [0.1, 0.15) is 0 Å². The second kappa shape index (κ2) is 8.51. The highest BCUT2D eigenvalue weighted by atomic mass is 35.5. The summed E-state index contributed by atoms with van der Waals surface area (Å²) in [7, 11) is 1.75. The Kier molecular flexibility index (Phi) is 7.25. The van der Waals surface area contributed by atoms with Gasteiger partial charge in [-0.25, -0.2) is 0 Å². The van der Waals surface area contributed by atoms with Gasteiger partial charge in [-0.05, 0) is 49.9 Å². The number of halogens is 1. The van der Waals surface area contributed by atoms with Gasteiger partial charge in [0.15, 0.2) is 0 Å². The number of benzene rings is 1. The summed E-state index contributed by atoms with van der Waals surface area (Å²) >= 11 is 6.15. The highest BCUT2D eigenvalue weighted by Crippen LogP contribution is 2.17. The molecule has 1 aromatic rings. The number of nitrogens with one attached hydrogen (secondary N) is 1. The Hall–Kier alpha value is -0.570. The summed E-state index contributed by atoms with van der Waals surface area (Å²) in [5.41, 5.74) is 2.38. The fourth-order valence-electron chi connectivity index (χ4n) is 1.69. The molecule has 0 unspecified atom stereocenters. The first-order valence-corrected chi connectivity index (χ1v) is 6.56. The van der Waals surface area contributed by atoms with Crippen LogP contribution >= 0.6 is 11.6 Å². The first kappa shape index (κ1) is 14.5. The average Bonchev–Trinajstić information content (AvgIpc) is 2.30. The van der Waals surface area contributed by atoms with Crippen molar-refractivity contribution in [2.75, 3.05) is 20.3 Å². The molecular formula is C14H22ClNO. The van der Waals surface area contributed by atoms with Crippen LogP contribution in [0.3, 0.4) is 0 Å². The minimum atomic E-state index is 0.851. The van der Waals surface area contributed by atoms with Crippen molar-refractivity contribution in [3.05, 3.63) is 34.3 Å². The van der Waals surface area contributed by atoms with Gasteiger partial charge in [0.25, 0.3) is 0 Å². The first-order valence-electron chi connectivity index (χ1n) is 6.18. The van der Waals surface area contributed by atoms with Crippen molar-refractivity contribution >= 4 is 11.6 Å². The van der Waals surface area contributed by atoms with Crippen molar-refractivity contribution < 1.29 is 4.74 Å². The summed E-state index contributed by atoms with van der Waals surface area (Å²) < 4.78 is 5.01. The van der Waals surface area contributed by atoms with Gasteiger partial charge in [0.05, 0.1) is 0 Å². The maximum Gasteiger partial charge on any atom is 0.0462 e. The largest absolute Gasteiger partial charge is 0.385 e. The van der Waals surface area contributed by atoms with E-state index in [1.54, 1.807) is 7.11 Å². The van der Waals surface area contributed by atoms with Gasteiger partial charge in [-0.2, -0.15) is 0 Å². The fourth-order valence-corrected chi connectivity index (χ4v) is 1.99. The number of rotatable bonds is 8. The number of hydrogen-bond acceptors (Lipinski definition) is 2. The van der Waals surface area contributed by atoms with E-state index in [1.807, 2.05) is 6.07 Å². The molecule has 0 fully saturated rings. The van der Waals surface area contributed by atoms with Crippen LogP contribution in [0.4, 0.5) is 0 Å². The molecule has 1 rings (SSSR count). The van der Waals surface area contributed by atoms with Crippen molar-refractivity contribution in [1.82, 2.24) is 5.32 Å². The summed E-state index contributed by atoms with van der Waals surface area (Å²) in [6.45, 7) is 4.81. The second-order valence-corrected chi connectivity index (χ2v) is 4.73. The summed E-state index contributed by atoms with van der Waals surface area (Å²) in [6, 6.07) is 6.20. The molecule has 1 aromatic carbocycles. The lowest BCUT2D eigenvalue weighted by atomic mass is 10.1. The van der Waals surface area contributed by atoms with E-state index >= 15 is 0 Å². The molecule has 0 aliphatic heterocycles. The predicted octanol–water partition coefficient (Wildman–Crippen LogP) is 3.55. The van der Waals surface area contributed by atoms with Crippen molar-refractivity contribution in [3.8, 4) is 0 Å². The number of methoxy groups -OCH3 is 1. The molecule has 0 saturated carbocycles. The molecular weight excluding hydrogens is 234 g/mol. The molecule has 1 N–H and O–H groups in total. The van der Waals surface area contributed by atoms with Crippen LogP contribution < -0.4 is 5.32 Å². The van der Waals surface area contributed by atoms with Gasteiger partial charge in [0, 0.05) is 25.3 Å². The lowest BCUT2D eigenvalue weighted by Gasteiger charge is -2.07. The second-order valence-electron chi connectivity index (χ2n) is 4.33. The standard InChI is InChI=1S/C14H22ClNO/c1-12-6-7-13(14(15)10-12)11-16-8-4-3-5-9-17-2/h6-7,10,16H,3-5,8-9,11H2,1-2H3. The van der Waals surface area contributed by atoms with Crippen LogP contribution in [0.25, 0.3) is 0 Å². The van der Waals surface area contributed by atoms with Crippen molar-refractivity contribution in [2.45, 2.75) is 32.7 Å².